The first-order valence-corrected chi connectivity index (χ1v) is 9.69. The fourth-order valence-corrected chi connectivity index (χ4v) is 3.78. The van der Waals surface area contributed by atoms with Crippen molar-refractivity contribution in [1.29, 1.82) is 0 Å². The first kappa shape index (κ1) is 15.4. The Bertz CT molecular complexity index is 795. The molecule has 0 bridgehead atoms. The third-order valence-corrected chi connectivity index (χ3v) is 5.77. The summed E-state index contributed by atoms with van der Waals surface area (Å²) in [5.41, 5.74) is 0.998. The van der Waals surface area contributed by atoms with Crippen LogP contribution in [0.4, 0.5) is 9.59 Å². The predicted octanol–water partition coefficient (Wildman–Crippen LogP) is -0.171. The molecule has 0 atom stereocenters. The number of hydrogen-bond acceptors (Lipinski definition) is 6. The number of hydrogen-bond donors (Lipinski definition) is 0. The smallest absolute Gasteiger partial charge is 0.320 e. The Morgan fingerprint density at radius 1 is 1.25 bits per heavy atom. The van der Waals surface area contributed by atoms with Gasteiger partial charge in [-0.25, -0.2) is 31.9 Å². The van der Waals surface area contributed by atoms with Crippen molar-refractivity contribution < 1.29 is 18.0 Å². The van der Waals surface area contributed by atoms with Gasteiger partial charge in [-0.05, 0) is 12.8 Å². The number of aromatic nitrogens is 3. The second kappa shape index (κ2) is 5.16. The standard InChI is InChI=1S/C13H18N6O4S/c1-24(22,23)19-5-4-17(13(19)21)12(20)16-6-10(7-16)18-8-11(14-15-18)9-2-3-9/h8-10H,2-7H2,1H3. The summed E-state index contributed by atoms with van der Waals surface area (Å²) < 4.78 is 25.5. The number of nitrogens with zero attached hydrogens (tertiary/aromatic N) is 6. The van der Waals surface area contributed by atoms with Crippen LogP contribution in [0, 0.1) is 0 Å². The minimum atomic E-state index is -3.64. The van der Waals surface area contributed by atoms with Gasteiger partial charge in [-0.1, -0.05) is 5.21 Å². The third kappa shape index (κ3) is 2.52. The van der Waals surface area contributed by atoms with E-state index in [1.165, 1.54) is 4.90 Å². The van der Waals surface area contributed by atoms with Crippen LogP contribution in [0.25, 0.3) is 0 Å². The number of amides is 4. The molecule has 1 aliphatic carbocycles. The fraction of sp³-hybridized carbons (Fsp3) is 0.692. The van der Waals surface area contributed by atoms with Crippen molar-refractivity contribution in [3.05, 3.63) is 11.9 Å². The number of rotatable bonds is 3. The molecule has 4 amide bonds. The Labute approximate surface area is 139 Å². The van der Waals surface area contributed by atoms with E-state index in [1.54, 1.807) is 4.68 Å². The highest BCUT2D eigenvalue weighted by Crippen LogP contribution is 2.39. The van der Waals surface area contributed by atoms with Gasteiger partial charge in [0.2, 0.25) is 10.0 Å². The summed E-state index contributed by atoms with van der Waals surface area (Å²) in [6.45, 7) is 0.972. The molecule has 3 aliphatic rings. The molecule has 0 spiro atoms. The normalized spacial score (nSPS) is 22.2. The maximum Gasteiger partial charge on any atom is 0.341 e. The molecule has 1 saturated carbocycles. The predicted molar refractivity (Wildman–Crippen MR) is 81.7 cm³/mol. The molecule has 2 saturated heterocycles. The van der Waals surface area contributed by atoms with Gasteiger partial charge in [-0.2, -0.15) is 0 Å². The number of carbonyl (C=O) groups excluding carboxylic acids is 2. The van der Waals surface area contributed by atoms with Crippen LogP contribution in [0.3, 0.4) is 0 Å². The van der Waals surface area contributed by atoms with Gasteiger partial charge in [0.05, 0.1) is 31.1 Å². The van der Waals surface area contributed by atoms with Crippen LogP contribution in [0.5, 0.6) is 0 Å². The summed E-state index contributed by atoms with van der Waals surface area (Å²) in [4.78, 5) is 26.9. The van der Waals surface area contributed by atoms with Crippen LogP contribution in [-0.4, -0.2) is 82.0 Å². The monoisotopic (exact) mass is 354 g/mol. The van der Waals surface area contributed by atoms with Crippen molar-refractivity contribution in [2.45, 2.75) is 24.8 Å². The average Bonchev–Trinajstić information content (AvgIpc) is 3.05. The number of sulfonamides is 1. The summed E-state index contributed by atoms with van der Waals surface area (Å²) >= 11 is 0. The third-order valence-electron chi connectivity index (χ3n) is 4.63. The van der Waals surface area contributed by atoms with Crippen molar-refractivity contribution in [2.24, 2.45) is 0 Å². The largest absolute Gasteiger partial charge is 0.341 e. The first-order chi connectivity index (χ1) is 11.3. The molecule has 0 unspecified atom stereocenters. The highest BCUT2D eigenvalue weighted by atomic mass is 32.2. The molecule has 24 heavy (non-hydrogen) atoms. The van der Waals surface area contributed by atoms with Crippen LogP contribution in [-0.2, 0) is 10.0 Å². The molecule has 1 aromatic rings. The number of carbonyl (C=O) groups is 2. The minimum Gasteiger partial charge on any atom is -0.320 e. The maximum absolute atomic E-state index is 12.4. The van der Waals surface area contributed by atoms with Gasteiger partial charge in [-0.3, -0.25) is 0 Å². The molecule has 3 fully saturated rings. The summed E-state index contributed by atoms with van der Waals surface area (Å²) in [5.74, 6) is 0.528. The molecule has 0 aromatic carbocycles. The average molecular weight is 354 g/mol. The topological polar surface area (TPSA) is 109 Å². The molecular weight excluding hydrogens is 336 g/mol. The van der Waals surface area contributed by atoms with E-state index >= 15 is 0 Å². The zero-order valence-electron chi connectivity index (χ0n) is 13.2. The van der Waals surface area contributed by atoms with Gasteiger partial charge < -0.3 is 4.90 Å². The molecule has 4 rings (SSSR count). The number of likely N-dealkylation sites (tertiary alicyclic amines) is 1. The van der Waals surface area contributed by atoms with Crippen LogP contribution >= 0.6 is 0 Å². The summed E-state index contributed by atoms with van der Waals surface area (Å²) in [6.07, 6.45) is 5.20. The lowest BCUT2D eigenvalue weighted by Gasteiger charge is -2.40. The molecule has 0 N–H and O–H groups in total. The van der Waals surface area contributed by atoms with Crippen LogP contribution in [0.2, 0.25) is 0 Å². The van der Waals surface area contributed by atoms with E-state index in [2.05, 4.69) is 10.3 Å². The summed E-state index contributed by atoms with van der Waals surface area (Å²) in [5, 5.41) is 8.26. The van der Waals surface area contributed by atoms with Gasteiger partial charge in [-0.15, -0.1) is 5.10 Å². The minimum absolute atomic E-state index is 0.00843. The molecule has 10 nitrogen and oxygen atoms in total. The molecule has 11 heteroatoms. The highest BCUT2D eigenvalue weighted by Gasteiger charge is 2.43. The van der Waals surface area contributed by atoms with E-state index in [4.69, 9.17) is 0 Å². The lowest BCUT2D eigenvalue weighted by atomic mass is 10.1. The maximum atomic E-state index is 12.4. The van der Waals surface area contributed by atoms with Crippen molar-refractivity contribution >= 4 is 22.1 Å². The molecule has 130 valence electrons. The van der Waals surface area contributed by atoms with Gasteiger partial charge in [0, 0.05) is 25.2 Å². The quantitative estimate of drug-likeness (QED) is 0.745. The molecule has 1 aromatic heterocycles. The van der Waals surface area contributed by atoms with Gasteiger partial charge in [0.1, 0.15) is 0 Å². The van der Waals surface area contributed by atoms with Crippen LogP contribution < -0.4 is 0 Å². The van der Waals surface area contributed by atoms with E-state index in [0.29, 0.717) is 19.0 Å². The molecule has 2 aliphatic heterocycles. The van der Waals surface area contributed by atoms with E-state index in [-0.39, 0.29) is 19.1 Å². The molecule has 3 heterocycles. The second-order valence-electron chi connectivity index (χ2n) is 6.51. The number of urea groups is 2. The summed E-state index contributed by atoms with van der Waals surface area (Å²) in [7, 11) is -3.64. The van der Waals surface area contributed by atoms with E-state index in [1.807, 2.05) is 6.20 Å². The molecular formula is C13H18N6O4S. The Kier molecular flexibility index (Phi) is 3.31. The molecule has 0 radical (unpaired) electrons. The zero-order valence-corrected chi connectivity index (χ0v) is 14.0. The zero-order chi connectivity index (χ0) is 17.1. The number of imide groups is 1. The Morgan fingerprint density at radius 3 is 2.54 bits per heavy atom. The Morgan fingerprint density at radius 2 is 1.96 bits per heavy atom. The van der Waals surface area contributed by atoms with Gasteiger partial charge in [0.25, 0.3) is 0 Å². The lowest BCUT2D eigenvalue weighted by Crippen LogP contribution is -2.56. The van der Waals surface area contributed by atoms with Gasteiger partial charge in [0.15, 0.2) is 0 Å². The van der Waals surface area contributed by atoms with Crippen molar-refractivity contribution in [2.75, 3.05) is 32.4 Å². The Balaban J connectivity index is 1.36. The SMILES string of the molecule is CS(=O)(=O)N1CCN(C(=O)N2CC(n3cc(C4CC4)nn3)C2)C1=O. The van der Waals surface area contributed by atoms with E-state index in [0.717, 1.165) is 34.0 Å². The first-order valence-electron chi connectivity index (χ1n) is 7.84. The second-order valence-corrected chi connectivity index (χ2v) is 8.42. The van der Waals surface area contributed by atoms with Crippen molar-refractivity contribution in [3.8, 4) is 0 Å². The van der Waals surface area contributed by atoms with E-state index < -0.39 is 22.1 Å². The lowest BCUT2D eigenvalue weighted by molar-refractivity contribution is 0.0982. The van der Waals surface area contributed by atoms with Gasteiger partial charge >= 0.3 is 12.1 Å². The Hall–Kier alpha value is -2.17. The van der Waals surface area contributed by atoms with Crippen LogP contribution in [0.15, 0.2) is 6.20 Å². The van der Waals surface area contributed by atoms with E-state index in [9.17, 15) is 18.0 Å². The highest BCUT2D eigenvalue weighted by molar-refractivity contribution is 7.88. The van der Waals surface area contributed by atoms with Crippen molar-refractivity contribution in [3.63, 3.8) is 0 Å². The fourth-order valence-electron chi connectivity index (χ4n) is 2.99. The van der Waals surface area contributed by atoms with Crippen LogP contribution in [0.1, 0.15) is 30.5 Å². The summed E-state index contributed by atoms with van der Waals surface area (Å²) in [6, 6.07) is -1.18. The van der Waals surface area contributed by atoms with Crippen molar-refractivity contribution in [1.82, 2.24) is 29.1 Å².